The number of hydrogen-bond donors (Lipinski definition) is 1. The van der Waals surface area contributed by atoms with E-state index in [2.05, 4.69) is 13.8 Å². The van der Waals surface area contributed by atoms with E-state index in [9.17, 15) is 14.7 Å². The van der Waals surface area contributed by atoms with Crippen LogP contribution in [0.3, 0.4) is 0 Å². The first-order valence-electron chi connectivity index (χ1n) is 8.84. The SMILES string of the molecule is CCCN(CCC)C(=O)CN1C(C(=O)O)CC2CCCCC21. The molecule has 0 radical (unpaired) electrons. The Balaban J connectivity index is 2.06. The molecule has 2 fully saturated rings. The molecule has 5 nitrogen and oxygen atoms in total. The van der Waals surface area contributed by atoms with E-state index in [1.165, 1.54) is 6.42 Å². The Bertz CT molecular complexity index is 393. The maximum atomic E-state index is 12.6. The van der Waals surface area contributed by atoms with E-state index in [1.807, 2.05) is 9.80 Å². The van der Waals surface area contributed by atoms with Crippen LogP contribution in [-0.2, 0) is 9.59 Å². The molecule has 3 atom stereocenters. The van der Waals surface area contributed by atoms with Gasteiger partial charge in [-0.15, -0.1) is 0 Å². The summed E-state index contributed by atoms with van der Waals surface area (Å²) < 4.78 is 0. The van der Waals surface area contributed by atoms with Crippen molar-refractivity contribution in [2.45, 2.75) is 70.9 Å². The van der Waals surface area contributed by atoms with Crippen molar-refractivity contribution in [1.82, 2.24) is 9.80 Å². The summed E-state index contributed by atoms with van der Waals surface area (Å²) in [4.78, 5) is 28.1. The fraction of sp³-hybridized carbons (Fsp3) is 0.882. The molecule has 1 heterocycles. The van der Waals surface area contributed by atoms with E-state index < -0.39 is 12.0 Å². The third kappa shape index (κ3) is 3.80. The van der Waals surface area contributed by atoms with E-state index in [0.717, 1.165) is 51.6 Å². The van der Waals surface area contributed by atoms with Gasteiger partial charge in [0.05, 0.1) is 6.54 Å². The molecule has 0 bridgehead atoms. The van der Waals surface area contributed by atoms with Crippen molar-refractivity contribution in [3.05, 3.63) is 0 Å². The number of aliphatic carboxylic acids is 1. The predicted octanol–water partition coefficient (Wildman–Crippen LogP) is 2.35. The van der Waals surface area contributed by atoms with E-state index in [-0.39, 0.29) is 12.5 Å². The first kappa shape index (κ1) is 17.3. The molecule has 1 amide bonds. The molecule has 0 aromatic rings. The van der Waals surface area contributed by atoms with Gasteiger partial charge in [-0.2, -0.15) is 0 Å². The molecule has 1 aliphatic heterocycles. The van der Waals surface area contributed by atoms with Gasteiger partial charge in [0.25, 0.3) is 0 Å². The summed E-state index contributed by atoms with van der Waals surface area (Å²) in [6.07, 6.45) is 7.13. The molecule has 2 aliphatic rings. The first-order valence-corrected chi connectivity index (χ1v) is 8.84. The number of carboxylic acids is 1. The maximum Gasteiger partial charge on any atom is 0.320 e. The Morgan fingerprint density at radius 2 is 1.77 bits per heavy atom. The van der Waals surface area contributed by atoms with E-state index in [0.29, 0.717) is 12.0 Å². The summed E-state index contributed by atoms with van der Waals surface area (Å²) in [6.45, 7) is 5.96. The number of carbonyl (C=O) groups is 2. The van der Waals surface area contributed by atoms with Crippen molar-refractivity contribution in [2.75, 3.05) is 19.6 Å². The highest BCUT2D eigenvalue weighted by Crippen LogP contribution is 2.39. The Labute approximate surface area is 133 Å². The highest BCUT2D eigenvalue weighted by molar-refractivity contribution is 5.80. The van der Waals surface area contributed by atoms with Crippen LogP contribution < -0.4 is 0 Å². The van der Waals surface area contributed by atoms with E-state index in [1.54, 1.807) is 0 Å². The molecular weight excluding hydrogens is 280 g/mol. The molecule has 0 aromatic heterocycles. The van der Waals surface area contributed by atoms with E-state index >= 15 is 0 Å². The van der Waals surface area contributed by atoms with Crippen LogP contribution in [0.5, 0.6) is 0 Å². The average Bonchev–Trinajstić information content (AvgIpc) is 2.86. The molecule has 5 heteroatoms. The highest BCUT2D eigenvalue weighted by atomic mass is 16.4. The first-order chi connectivity index (χ1) is 10.6. The van der Waals surface area contributed by atoms with Crippen LogP contribution >= 0.6 is 0 Å². The maximum absolute atomic E-state index is 12.6. The minimum atomic E-state index is -0.764. The molecule has 0 spiro atoms. The van der Waals surface area contributed by atoms with Crippen molar-refractivity contribution in [3.63, 3.8) is 0 Å². The predicted molar refractivity (Wildman–Crippen MR) is 85.7 cm³/mol. The number of nitrogens with zero attached hydrogens (tertiary/aromatic N) is 2. The number of carbonyl (C=O) groups excluding carboxylic acids is 1. The lowest BCUT2D eigenvalue weighted by atomic mass is 9.85. The van der Waals surface area contributed by atoms with Crippen molar-refractivity contribution in [1.29, 1.82) is 0 Å². The number of likely N-dealkylation sites (tertiary alicyclic amines) is 1. The van der Waals surface area contributed by atoms with Crippen molar-refractivity contribution >= 4 is 11.9 Å². The zero-order valence-electron chi connectivity index (χ0n) is 14.0. The van der Waals surface area contributed by atoms with Crippen molar-refractivity contribution in [2.24, 2.45) is 5.92 Å². The van der Waals surface area contributed by atoms with Gasteiger partial charge in [0.15, 0.2) is 0 Å². The monoisotopic (exact) mass is 310 g/mol. The topological polar surface area (TPSA) is 60.9 Å². The molecule has 1 saturated heterocycles. The lowest BCUT2D eigenvalue weighted by Crippen LogP contribution is -2.48. The zero-order chi connectivity index (χ0) is 16.1. The second kappa shape index (κ2) is 7.95. The van der Waals surface area contributed by atoms with Crippen LogP contribution in [0, 0.1) is 5.92 Å². The molecule has 3 unspecified atom stereocenters. The normalized spacial score (nSPS) is 28.4. The van der Waals surface area contributed by atoms with Crippen LogP contribution in [0.4, 0.5) is 0 Å². The molecule has 1 aliphatic carbocycles. The van der Waals surface area contributed by atoms with E-state index in [4.69, 9.17) is 0 Å². The average molecular weight is 310 g/mol. The Morgan fingerprint density at radius 3 is 2.36 bits per heavy atom. The second-order valence-electron chi connectivity index (χ2n) is 6.75. The Hall–Kier alpha value is -1.10. The molecule has 2 rings (SSSR count). The zero-order valence-corrected chi connectivity index (χ0v) is 14.0. The van der Waals surface area contributed by atoms with Crippen LogP contribution in [-0.4, -0.2) is 58.5 Å². The minimum absolute atomic E-state index is 0.0983. The van der Waals surface area contributed by atoms with Gasteiger partial charge >= 0.3 is 5.97 Å². The summed E-state index contributed by atoms with van der Waals surface area (Å²) in [5.41, 5.74) is 0. The molecule has 0 aromatic carbocycles. The van der Waals surface area contributed by atoms with Gasteiger partial charge in [-0.25, -0.2) is 0 Å². The summed E-state index contributed by atoms with van der Waals surface area (Å²) in [5.74, 6) is -0.200. The van der Waals surface area contributed by atoms with Gasteiger partial charge in [-0.3, -0.25) is 14.5 Å². The van der Waals surface area contributed by atoms with Gasteiger partial charge in [0.1, 0.15) is 6.04 Å². The van der Waals surface area contributed by atoms with Crippen LogP contribution in [0.2, 0.25) is 0 Å². The number of carboxylic acid groups (broad SMARTS) is 1. The van der Waals surface area contributed by atoms with Crippen LogP contribution in [0.15, 0.2) is 0 Å². The van der Waals surface area contributed by atoms with Crippen LogP contribution in [0.25, 0.3) is 0 Å². The number of amides is 1. The van der Waals surface area contributed by atoms with Gasteiger partial charge in [0.2, 0.25) is 5.91 Å². The largest absolute Gasteiger partial charge is 0.480 e. The minimum Gasteiger partial charge on any atom is -0.480 e. The third-order valence-electron chi connectivity index (χ3n) is 5.16. The molecule has 1 saturated carbocycles. The summed E-state index contributed by atoms with van der Waals surface area (Å²) in [5, 5.41) is 9.52. The van der Waals surface area contributed by atoms with Crippen LogP contribution in [0.1, 0.15) is 58.8 Å². The van der Waals surface area contributed by atoms with Crippen molar-refractivity contribution < 1.29 is 14.7 Å². The third-order valence-corrected chi connectivity index (χ3v) is 5.16. The summed E-state index contributed by atoms with van der Waals surface area (Å²) >= 11 is 0. The molecule has 126 valence electrons. The van der Waals surface area contributed by atoms with Gasteiger partial charge < -0.3 is 10.0 Å². The molecule has 22 heavy (non-hydrogen) atoms. The Morgan fingerprint density at radius 1 is 1.14 bits per heavy atom. The summed E-state index contributed by atoms with van der Waals surface area (Å²) in [7, 11) is 0. The standard InChI is InChI=1S/C17H30N2O3/c1-3-9-18(10-4-2)16(20)12-19-14-8-6-5-7-13(14)11-15(19)17(21)22/h13-15H,3-12H2,1-2H3,(H,21,22). The summed E-state index contributed by atoms with van der Waals surface area (Å²) in [6, 6.07) is -0.175. The highest BCUT2D eigenvalue weighted by Gasteiger charge is 2.45. The smallest absolute Gasteiger partial charge is 0.320 e. The fourth-order valence-corrected chi connectivity index (χ4v) is 4.18. The Kier molecular flexibility index (Phi) is 6.24. The quantitative estimate of drug-likeness (QED) is 0.784. The molecule has 1 N–H and O–H groups in total. The second-order valence-corrected chi connectivity index (χ2v) is 6.75. The van der Waals surface area contributed by atoms with Gasteiger partial charge in [-0.05, 0) is 38.0 Å². The van der Waals surface area contributed by atoms with Gasteiger partial charge in [-0.1, -0.05) is 26.7 Å². The van der Waals surface area contributed by atoms with Crippen molar-refractivity contribution in [3.8, 4) is 0 Å². The lowest BCUT2D eigenvalue weighted by Gasteiger charge is -2.34. The number of hydrogen-bond acceptors (Lipinski definition) is 3. The fourth-order valence-electron chi connectivity index (χ4n) is 4.18. The number of fused-ring (bicyclic) bond motifs is 1. The van der Waals surface area contributed by atoms with Gasteiger partial charge in [0, 0.05) is 19.1 Å². The number of rotatable bonds is 7. The lowest BCUT2D eigenvalue weighted by molar-refractivity contribution is -0.144. The molecular formula is C17H30N2O3.